The van der Waals surface area contributed by atoms with Gasteiger partial charge in [0, 0.05) is 11.6 Å². The van der Waals surface area contributed by atoms with Crippen LogP contribution in [0.15, 0.2) is 24.3 Å². The number of nitrogens with one attached hydrogen (secondary N) is 1. The molecule has 1 aliphatic heterocycles. The summed E-state index contributed by atoms with van der Waals surface area (Å²) in [5, 5.41) is 7.49. The molecule has 0 radical (unpaired) electrons. The fraction of sp³-hybridized carbons (Fsp3) is 0.312. The van der Waals surface area contributed by atoms with E-state index >= 15 is 0 Å². The summed E-state index contributed by atoms with van der Waals surface area (Å²) in [5.41, 5.74) is -0.217. The lowest BCUT2D eigenvalue weighted by Gasteiger charge is -2.37. The van der Waals surface area contributed by atoms with Crippen molar-refractivity contribution in [1.29, 1.82) is 0 Å². The number of aromatic amines is 1. The Morgan fingerprint density at radius 3 is 2.54 bits per heavy atom. The number of H-pyrrole nitrogens is 1. The normalized spacial score (nSPS) is 16.8. The average molecular weight is 372 g/mol. The number of carbonyl (C=O) groups excluding carboxylic acids is 1. The first-order chi connectivity index (χ1) is 12.0. The molecule has 1 fully saturated rings. The van der Waals surface area contributed by atoms with Gasteiger partial charge in [-0.2, -0.15) is 13.2 Å². The number of alkyl halides is 5. The summed E-state index contributed by atoms with van der Waals surface area (Å²) in [6, 6.07) is 3.47. The molecule has 1 amide bonds. The number of nitrogens with zero attached hydrogens (tertiary/aromatic N) is 3. The Hall–Kier alpha value is -2.78. The minimum absolute atomic E-state index is 0.0989. The maximum absolute atomic E-state index is 12.9. The van der Waals surface area contributed by atoms with E-state index < -0.39 is 36.7 Å². The van der Waals surface area contributed by atoms with Crippen molar-refractivity contribution in [3.63, 3.8) is 0 Å². The Morgan fingerprint density at radius 1 is 1.23 bits per heavy atom. The topological polar surface area (TPSA) is 61.9 Å². The third kappa shape index (κ3) is 3.89. The number of likely N-dealkylation sites (tertiary alicyclic amines) is 1. The van der Waals surface area contributed by atoms with E-state index in [2.05, 4.69) is 15.2 Å². The van der Waals surface area contributed by atoms with Gasteiger partial charge in [-0.1, -0.05) is 0 Å². The fourth-order valence-corrected chi connectivity index (χ4v) is 2.49. The van der Waals surface area contributed by atoms with Crippen LogP contribution in [0.2, 0.25) is 0 Å². The zero-order valence-corrected chi connectivity index (χ0v) is 13.4. The summed E-state index contributed by atoms with van der Waals surface area (Å²) in [5.74, 6) is -3.24. The van der Waals surface area contributed by atoms with Crippen LogP contribution in [0.25, 0.3) is 17.5 Å². The molecule has 10 heteroatoms. The number of hydrogen-bond donors (Lipinski definition) is 1. The number of carbonyl (C=O) groups is 1. The summed E-state index contributed by atoms with van der Waals surface area (Å²) in [6.07, 6.45) is -2.21. The van der Waals surface area contributed by atoms with E-state index in [0.29, 0.717) is 5.56 Å². The number of amides is 1. The molecule has 2 heterocycles. The van der Waals surface area contributed by atoms with Crippen LogP contribution in [-0.4, -0.2) is 45.0 Å². The van der Waals surface area contributed by atoms with Crippen LogP contribution in [-0.2, 0) is 11.0 Å². The second kappa shape index (κ2) is 6.19. The van der Waals surface area contributed by atoms with E-state index in [9.17, 15) is 26.7 Å². The zero-order chi connectivity index (χ0) is 19.1. The van der Waals surface area contributed by atoms with E-state index in [1.807, 2.05) is 0 Å². The molecule has 1 aromatic carbocycles. The fourth-order valence-electron chi connectivity index (χ4n) is 2.49. The lowest BCUT2D eigenvalue weighted by Crippen LogP contribution is -2.57. The molecule has 1 N–H and O–H groups in total. The maximum Gasteiger partial charge on any atom is 0.416 e. The third-order valence-corrected chi connectivity index (χ3v) is 3.72. The molecule has 0 unspecified atom stereocenters. The molecule has 2 aromatic rings. The van der Waals surface area contributed by atoms with Gasteiger partial charge in [-0.3, -0.25) is 4.79 Å². The quantitative estimate of drug-likeness (QED) is 0.664. The monoisotopic (exact) mass is 372 g/mol. The molecule has 138 valence electrons. The summed E-state index contributed by atoms with van der Waals surface area (Å²) in [6.45, 7) is 0.250. The molecule has 0 aliphatic carbocycles. The van der Waals surface area contributed by atoms with Crippen molar-refractivity contribution in [2.45, 2.75) is 19.0 Å². The third-order valence-electron chi connectivity index (χ3n) is 3.72. The highest BCUT2D eigenvalue weighted by Gasteiger charge is 2.45. The van der Waals surface area contributed by atoms with Crippen LogP contribution in [0.5, 0.6) is 0 Å². The van der Waals surface area contributed by atoms with E-state index in [1.165, 1.54) is 19.1 Å². The number of aromatic nitrogens is 3. The highest BCUT2D eigenvalue weighted by molar-refractivity contribution is 5.92. The molecule has 0 bridgehead atoms. The van der Waals surface area contributed by atoms with Crippen molar-refractivity contribution in [2.75, 3.05) is 13.1 Å². The van der Waals surface area contributed by atoms with Gasteiger partial charge in [0.05, 0.1) is 18.7 Å². The molecular weight excluding hydrogens is 359 g/mol. The van der Waals surface area contributed by atoms with E-state index in [0.717, 1.165) is 23.1 Å². The summed E-state index contributed by atoms with van der Waals surface area (Å²) in [4.78, 5) is 15.3. The van der Waals surface area contributed by atoms with Crippen molar-refractivity contribution < 1.29 is 26.7 Å². The molecule has 1 saturated heterocycles. The largest absolute Gasteiger partial charge is 0.416 e. The Bertz CT molecular complexity index is 864. The van der Waals surface area contributed by atoms with E-state index in [-0.39, 0.29) is 17.2 Å². The Kier molecular flexibility index (Phi) is 4.29. The Balaban J connectivity index is 1.75. The van der Waals surface area contributed by atoms with Gasteiger partial charge < -0.3 is 9.88 Å². The van der Waals surface area contributed by atoms with Crippen LogP contribution >= 0.6 is 0 Å². The van der Waals surface area contributed by atoms with E-state index in [1.54, 1.807) is 0 Å². The zero-order valence-electron chi connectivity index (χ0n) is 13.4. The van der Waals surface area contributed by atoms with Gasteiger partial charge in [0.2, 0.25) is 5.91 Å². The van der Waals surface area contributed by atoms with Crippen LogP contribution in [0, 0.1) is 6.92 Å². The molecule has 3 rings (SSSR count). The highest BCUT2D eigenvalue weighted by Crippen LogP contribution is 2.32. The van der Waals surface area contributed by atoms with Gasteiger partial charge in [-0.05, 0) is 36.8 Å². The minimum atomic E-state index is -4.49. The summed E-state index contributed by atoms with van der Waals surface area (Å²) >= 11 is 0. The van der Waals surface area contributed by atoms with Gasteiger partial charge >= 0.3 is 6.18 Å². The van der Waals surface area contributed by atoms with Crippen LogP contribution in [0.4, 0.5) is 22.0 Å². The Morgan fingerprint density at radius 2 is 1.92 bits per heavy atom. The predicted molar refractivity (Wildman–Crippen MR) is 82.1 cm³/mol. The first-order valence-corrected chi connectivity index (χ1v) is 7.50. The lowest BCUT2D eigenvalue weighted by molar-refractivity contribution is -0.160. The number of hydrogen-bond acceptors (Lipinski definition) is 3. The van der Waals surface area contributed by atoms with Crippen molar-refractivity contribution in [1.82, 2.24) is 20.1 Å². The number of aryl methyl sites for hydroxylation is 1. The smallest absolute Gasteiger partial charge is 0.327 e. The van der Waals surface area contributed by atoms with Gasteiger partial charge in [0.25, 0.3) is 5.92 Å². The molecule has 5 nitrogen and oxygen atoms in total. The standard InChI is InChI=1S/C16H13F5N4O/c1-9-4-10(6-11(5-9)16(19,20)21)14-22-12(23-24-14)2-3-13(26)25-7-15(17,18)8-25/h2-6H,7-8H2,1H3,(H,22,23,24)/b3-2-. The molecule has 0 spiro atoms. The van der Waals surface area contributed by atoms with Gasteiger partial charge in [0.15, 0.2) is 11.6 Å². The maximum atomic E-state index is 12.9. The molecule has 0 saturated carbocycles. The molecular formula is C16H13F5N4O. The highest BCUT2D eigenvalue weighted by atomic mass is 19.4. The average Bonchev–Trinajstić information content (AvgIpc) is 2.97. The van der Waals surface area contributed by atoms with Crippen molar-refractivity contribution in [3.8, 4) is 11.4 Å². The van der Waals surface area contributed by atoms with Gasteiger partial charge in [-0.15, -0.1) is 10.2 Å². The van der Waals surface area contributed by atoms with Crippen molar-refractivity contribution in [2.24, 2.45) is 0 Å². The van der Waals surface area contributed by atoms with Gasteiger partial charge in [0.1, 0.15) is 0 Å². The first kappa shape index (κ1) is 18.0. The predicted octanol–water partition coefficient (Wildman–Crippen LogP) is 3.29. The Labute approximate surface area is 144 Å². The van der Waals surface area contributed by atoms with Crippen LogP contribution in [0.3, 0.4) is 0 Å². The van der Waals surface area contributed by atoms with Gasteiger partial charge in [-0.25, -0.2) is 8.78 Å². The van der Waals surface area contributed by atoms with Crippen molar-refractivity contribution >= 4 is 12.0 Å². The minimum Gasteiger partial charge on any atom is -0.327 e. The summed E-state index contributed by atoms with van der Waals surface area (Å²) in [7, 11) is 0. The van der Waals surface area contributed by atoms with Crippen LogP contribution in [0.1, 0.15) is 17.0 Å². The first-order valence-electron chi connectivity index (χ1n) is 7.50. The molecule has 1 aromatic heterocycles. The SMILES string of the molecule is Cc1cc(-c2nnc(/C=C\C(=O)N3CC(F)(F)C3)[nH]2)cc(C(F)(F)F)c1. The molecule has 0 atom stereocenters. The summed E-state index contributed by atoms with van der Waals surface area (Å²) < 4.78 is 64.1. The number of benzene rings is 1. The second-order valence-electron chi connectivity index (χ2n) is 6.03. The number of halogens is 5. The molecule has 26 heavy (non-hydrogen) atoms. The lowest BCUT2D eigenvalue weighted by atomic mass is 10.1. The second-order valence-corrected chi connectivity index (χ2v) is 6.03. The molecule has 1 aliphatic rings. The van der Waals surface area contributed by atoms with Crippen LogP contribution < -0.4 is 0 Å². The number of rotatable bonds is 3. The van der Waals surface area contributed by atoms with E-state index in [4.69, 9.17) is 0 Å². The van der Waals surface area contributed by atoms with Crippen molar-refractivity contribution in [3.05, 3.63) is 41.2 Å².